The zero-order chi connectivity index (χ0) is 22.7. The Balaban J connectivity index is 0.00000259. The third kappa shape index (κ3) is 4.02. The van der Waals surface area contributed by atoms with Crippen molar-refractivity contribution in [2.45, 2.75) is 51.5 Å². The highest BCUT2D eigenvalue weighted by atomic mass is 19.3. The van der Waals surface area contributed by atoms with E-state index in [1.165, 1.54) is 16.9 Å². The molecular weight excluding hydrogens is 435 g/mol. The monoisotopic (exact) mass is 461 g/mol. The van der Waals surface area contributed by atoms with Gasteiger partial charge in [-0.1, -0.05) is 38.1 Å². The summed E-state index contributed by atoms with van der Waals surface area (Å²) in [7, 11) is 0. The van der Waals surface area contributed by atoms with E-state index in [-0.39, 0.29) is 33.2 Å². The number of benzene rings is 1. The molecular formula is C23H26F3N5O2. The molecule has 5 rings (SSSR count). The first-order chi connectivity index (χ1) is 15.2. The van der Waals surface area contributed by atoms with Crippen molar-refractivity contribution in [3.63, 3.8) is 0 Å². The molecule has 0 bridgehead atoms. The lowest BCUT2D eigenvalue weighted by Gasteiger charge is -2.59. The van der Waals surface area contributed by atoms with Crippen molar-refractivity contribution in [1.82, 2.24) is 24.8 Å². The molecule has 2 aromatic heterocycles. The third-order valence-electron chi connectivity index (χ3n) is 6.41. The maximum atomic E-state index is 13.1. The van der Waals surface area contributed by atoms with Gasteiger partial charge in [0, 0.05) is 41.2 Å². The lowest BCUT2D eigenvalue weighted by molar-refractivity contribution is -0.0759. The smallest absolute Gasteiger partial charge is 0.280 e. The van der Waals surface area contributed by atoms with Gasteiger partial charge in [0.1, 0.15) is 5.69 Å². The van der Waals surface area contributed by atoms with Crippen LogP contribution in [0.5, 0.6) is 0 Å². The molecule has 1 aliphatic carbocycles. The second-order valence-electron chi connectivity index (χ2n) is 9.98. The summed E-state index contributed by atoms with van der Waals surface area (Å²) in [6.45, 7) is 7.30. The summed E-state index contributed by atoms with van der Waals surface area (Å²) in [5, 5.41) is 8.11. The topological polar surface area (TPSA) is 77.1 Å². The molecule has 3 heterocycles. The first-order valence-corrected chi connectivity index (χ1v) is 10.7. The fraction of sp³-hybridized carbons (Fsp3) is 0.478. The van der Waals surface area contributed by atoms with Crippen LogP contribution in [0.1, 0.15) is 68.0 Å². The number of nitrogens with zero attached hydrogens (tertiary/aromatic N) is 5. The molecule has 0 N–H and O–H groups in total. The minimum atomic E-state index is -2.52. The molecule has 1 saturated heterocycles. The predicted octanol–water partition coefficient (Wildman–Crippen LogP) is 4.80. The van der Waals surface area contributed by atoms with Crippen molar-refractivity contribution in [1.29, 1.82) is 0 Å². The maximum Gasteiger partial charge on any atom is 0.280 e. The zero-order valence-electron chi connectivity index (χ0n) is 18.7. The zero-order valence-corrected chi connectivity index (χ0v) is 18.7. The summed E-state index contributed by atoms with van der Waals surface area (Å²) >= 11 is 0. The number of rotatable bonds is 4. The summed E-state index contributed by atoms with van der Waals surface area (Å²) in [4.78, 5) is 19.1. The van der Waals surface area contributed by atoms with Gasteiger partial charge in [0.05, 0.1) is 6.04 Å². The Morgan fingerprint density at radius 1 is 1.15 bits per heavy atom. The first kappa shape index (κ1) is 23.0. The van der Waals surface area contributed by atoms with E-state index in [9.17, 15) is 13.6 Å². The summed E-state index contributed by atoms with van der Waals surface area (Å²) in [5.41, 5.74) is 1.16. The van der Waals surface area contributed by atoms with Crippen LogP contribution in [0.15, 0.2) is 41.1 Å². The molecule has 1 aromatic carbocycles. The molecule has 10 heteroatoms. The van der Waals surface area contributed by atoms with Gasteiger partial charge in [-0.2, -0.15) is 10.1 Å². The molecule has 2 fully saturated rings. The molecule has 1 spiro atoms. The van der Waals surface area contributed by atoms with Gasteiger partial charge < -0.3 is 9.42 Å². The lowest BCUT2D eigenvalue weighted by atomic mass is 9.60. The van der Waals surface area contributed by atoms with Crippen LogP contribution in [0.4, 0.5) is 13.5 Å². The number of carbonyl (C=O) groups excluding carboxylic acids is 1. The lowest BCUT2D eigenvalue weighted by Crippen LogP contribution is -2.63. The number of likely N-dealkylation sites (tertiary alicyclic amines) is 1. The number of hydrogen-bond acceptors (Lipinski definition) is 5. The minimum absolute atomic E-state index is 0. The molecule has 1 saturated carbocycles. The van der Waals surface area contributed by atoms with Crippen LogP contribution in [-0.4, -0.2) is 43.8 Å². The Labute approximate surface area is 189 Å². The van der Waals surface area contributed by atoms with E-state index < -0.39 is 6.43 Å². The average molecular weight is 461 g/mol. The van der Waals surface area contributed by atoms with Crippen LogP contribution in [-0.2, 0) is 5.41 Å². The predicted molar refractivity (Wildman–Crippen MR) is 115 cm³/mol. The van der Waals surface area contributed by atoms with Crippen LogP contribution in [0.2, 0.25) is 0 Å². The van der Waals surface area contributed by atoms with E-state index >= 15 is 0 Å². The van der Waals surface area contributed by atoms with E-state index in [2.05, 4.69) is 15.2 Å². The van der Waals surface area contributed by atoms with Crippen molar-refractivity contribution in [3.8, 4) is 11.4 Å². The molecule has 0 radical (unpaired) electrons. The minimum Gasteiger partial charge on any atom is -0.338 e. The third-order valence-corrected chi connectivity index (χ3v) is 6.41. The van der Waals surface area contributed by atoms with E-state index in [4.69, 9.17) is 4.52 Å². The largest absolute Gasteiger partial charge is 0.338 e. The number of hydrogen-bond donors (Lipinski definition) is 0. The number of halogens is 3. The number of carbonyl (C=O) groups is 1. The average Bonchev–Trinajstić information content (AvgIpc) is 3.35. The van der Waals surface area contributed by atoms with Crippen molar-refractivity contribution in [3.05, 3.63) is 53.7 Å². The van der Waals surface area contributed by atoms with Crippen LogP contribution >= 0.6 is 0 Å². The molecule has 1 amide bonds. The van der Waals surface area contributed by atoms with Gasteiger partial charge in [-0.3, -0.25) is 14.2 Å². The van der Waals surface area contributed by atoms with Gasteiger partial charge in [-0.25, -0.2) is 8.78 Å². The second kappa shape index (κ2) is 8.00. The Morgan fingerprint density at radius 3 is 2.39 bits per heavy atom. The number of aromatic nitrogens is 4. The quantitative estimate of drug-likeness (QED) is 0.558. The van der Waals surface area contributed by atoms with Gasteiger partial charge in [-0.05, 0) is 31.0 Å². The maximum absolute atomic E-state index is 13.1. The van der Waals surface area contributed by atoms with Crippen molar-refractivity contribution >= 4 is 5.91 Å². The number of amides is 1. The summed E-state index contributed by atoms with van der Waals surface area (Å²) in [6.07, 6.45) is 0.436. The highest BCUT2D eigenvalue weighted by Crippen LogP contribution is 2.54. The molecule has 0 unspecified atom stereocenters. The number of alkyl halides is 2. The molecule has 0 atom stereocenters. The Morgan fingerprint density at radius 2 is 1.82 bits per heavy atom. The first-order valence-electron chi connectivity index (χ1n) is 10.7. The normalized spacial score (nSPS) is 17.6. The second-order valence-corrected chi connectivity index (χ2v) is 9.98. The molecule has 176 valence electrons. The molecule has 33 heavy (non-hydrogen) atoms. The molecule has 1 aliphatic heterocycles. The Bertz CT molecular complexity index is 1140. The molecule has 7 nitrogen and oxygen atoms in total. The Kier molecular flexibility index (Phi) is 5.58. The van der Waals surface area contributed by atoms with Crippen LogP contribution in [0, 0.1) is 5.41 Å². The summed E-state index contributed by atoms with van der Waals surface area (Å²) in [6, 6.07) is 8.55. The molecule has 3 aromatic rings. The highest BCUT2D eigenvalue weighted by molar-refractivity contribution is 5.95. The fourth-order valence-corrected chi connectivity index (χ4v) is 4.67. The van der Waals surface area contributed by atoms with E-state index in [0.29, 0.717) is 30.4 Å². The van der Waals surface area contributed by atoms with E-state index in [1.807, 2.05) is 37.8 Å². The van der Waals surface area contributed by atoms with Gasteiger partial charge in [0.15, 0.2) is 0 Å². The van der Waals surface area contributed by atoms with Gasteiger partial charge in [-0.15, -0.1) is 0 Å². The van der Waals surface area contributed by atoms with Crippen molar-refractivity contribution in [2.75, 3.05) is 13.1 Å². The van der Waals surface area contributed by atoms with Crippen LogP contribution in [0.3, 0.4) is 0 Å². The van der Waals surface area contributed by atoms with Gasteiger partial charge in [0.2, 0.25) is 11.7 Å². The fourth-order valence-electron chi connectivity index (χ4n) is 4.67. The van der Waals surface area contributed by atoms with Gasteiger partial charge in [0.25, 0.3) is 12.3 Å². The van der Waals surface area contributed by atoms with Crippen molar-refractivity contribution < 1.29 is 22.8 Å². The van der Waals surface area contributed by atoms with Gasteiger partial charge >= 0.3 is 0 Å². The summed E-state index contributed by atoms with van der Waals surface area (Å²) < 4.78 is 33.0. The van der Waals surface area contributed by atoms with E-state index in [1.54, 1.807) is 12.1 Å². The van der Waals surface area contributed by atoms with Crippen LogP contribution < -0.4 is 0 Å². The summed E-state index contributed by atoms with van der Waals surface area (Å²) in [5.74, 6) is 1.04. The standard InChI is InChI=1S/C23H25F2N5O2.FH/c1-22(2,3)21-27-19(28-32-21)14-4-6-15(7-5-14)20(31)29-12-23(13-29)10-16(11-23)30-17(18(24)25)8-9-26-30;/h4-9,16,18H,10-13H2,1-3H3;1H. The molecule has 2 aliphatic rings. The van der Waals surface area contributed by atoms with Crippen molar-refractivity contribution in [2.24, 2.45) is 5.41 Å². The SMILES string of the molecule is CC(C)(C)c1nc(-c2ccc(C(=O)N3CC4(CC(n5nccc5C(F)F)C4)C3)cc2)no1.F. The Hall–Kier alpha value is -3.17. The van der Waals surface area contributed by atoms with E-state index in [0.717, 1.165) is 18.4 Å². The van der Waals surface area contributed by atoms with Crippen LogP contribution in [0.25, 0.3) is 11.4 Å². The highest BCUT2D eigenvalue weighted by Gasteiger charge is 2.54.